The smallest absolute Gasteiger partial charge is 0.390 e. The van der Waals surface area contributed by atoms with Gasteiger partial charge in [-0.2, -0.15) is 4.98 Å². The van der Waals surface area contributed by atoms with E-state index in [9.17, 15) is 19.7 Å². The molecular formula is C30H37BrCl2N10O6. The van der Waals surface area contributed by atoms with Crippen molar-refractivity contribution in [3.05, 3.63) is 62.2 Å². The summed E-state index contributed by atoms with van der Waals surface area (Å²) in [4.78, 5) is 56.2. The molecule has 1 saturated heterocycles. The monoisotopic (exact) mass is 782 g/mol. The van der Waals surface area contributed by atoms with Gasteiger partial charge < -0.3 is 55.8 Å². The molecule has 1 N–H and O–H groups in total. The van der Waals surface area contributed by atoms with Gasteiger partial charge in [0.1, 0.15) is 33.9 Å². The molecule has 0 saturated carbocycles. The number of hydrogen-bond donors (Lipinski definition) is 1. The average Bonchev–Trinajstić information content (AvgIpc) is 3.68. The van der Waals surface area contributed by atoms with Gasteiger partial charge in [-0.15, -0.1) is 0 Å². The van der Waals surface area contributed by atoms with Gasteiger partial charge in [-0.05, 0) is 22.4 Å². The number of aryl methyl sites for hydroxylation is 1. The molecule has 0 unspecified atom stereocenters. The second kappa shape index (κ2) is 15.1. The van der Waals surface area contributed by atoms with E-state index in [0.717, 1.165) is 0 Å². The highest BCUT2D eigenvalue weighted by Crippen LogP contribution is 2.48. The molecule has 3 amide bonds. The van der Waals surface area contributed by atoms with E-state index in [1.807, 2.05) is 14.1 Å². The Morgan fingerprint density at radius 2 is 1.88 bits per heavy atom. The summed E-state index contributed by atoms with van der Waals surface area (Å²) in [6.45, 7) is 1.52. The number of nitro groups is 1. The van der Waals surface area contributed by atoms with Crippen molar-refractivity contribution in [2.75, 3.05) is 70.1 Å². The van der Waals surface area contributed by atoms with E-state index in [1.165, 1.54) is 31.5 Å². The number of rotatable bonds is 11. The first kappa shape index (κ1) is 37.6. The largest absolute Gasteiger partial charge is 1.00 e. The van der Waals surface area contributed by atoms with Crippen LogP contribution in [0, 0.1) is 10.1 Å². The number of nitrogens with one attached hydrogen (secondary N) is 1. The highest BCUT2D eigenvalue weighted by atomic mass is 79.9. The van der Waals surface area contributed by atoms with Gasteiger partial charge in [0.15, 0.2) is 5.69 Å². The third-order valence-electron chi connectivity index (χ3n) is 8.37. The molecule has 0 radical (unpaired) electrons. The fourth-order valence-corrected chi connectivity index (χ4v) is 6.56. The predicted octanol–water partition coefficient (Wildman–Crippen LogP) is 0.868. The number of anilines is 3. The summed E-state index contributed by atoms with van der Waals surface area (Å²) in [5, 5.41) is 14.6. The first-order valence-electron chi connectivity index (χ1n) is 15.0. The molecule has 4 heterocycles. The van der Waals surface area contributed by atoms with Crippen molar-refractivity contribution in [2.45, 2.75) is 25.6 Å². The summed E-state index contributed by atoms with van der Waals surface area (Å²) in [6, 6.07) is 0.701. The van der Waals surface area contributed by atoms with Crippen LogP contribution in [0.25, 0.3) is 0 Å². The quantitative estimate of drug-likeness (QED) is 0.128. The van der Waals surface area contributed by atoms with Gasteiger partial charge in [-0.3, -0.25) is 14.6 Å². The number of carbonyl (C=O) groups excluding carboxylic acids is 2. The summed E-state index contributed by atoms with van der Waals surface area (Å²) >= 11 is 13.4. The number of hydrogen-bond acceptors (Lipinski definition) is 10. The molecule has 2 aromatic heterocycles. The van der Waals surface area contributed by atoms with Crippen molar-refractivity contribution in [1.29, 1.82) is 0 Å². The highest BCUT2D eigenvalue weighted by molar-refractivity contribution is 6.42. The van der Waals surface area contributed by atoms with Crippen molar-refractivity contribution >= 4 is 58.4 Å². The molecule has 2 aliphatic heterocycles. The lowest BCUT2D eigenvalue weighted by Crippen LogP contribution is -3.00. The van der Waals surface area contributed by atoms with Crippen LogP contribution in [0.2, 0.25) is 10.0 Å². The first-order chi connectivity index (χ1) is 22.8. The van der Waals surface area contributed by atoms with Gasteiger partial charge in [-0.1, -0.05) is 23.2 Å². The lowest BCUT2D eigenvalue weighted by molar-refractivity contribution is -0.898. The fraction of sp³-hybridized carbons (Fsp3) is 0.433. The van der Waals surface area contributed by atoms with Gasteiger partial charge in [0, 0.05) is 51.1 Å². The molecule has 19 heteroatoms. The van der Waals surface area contributed by atoms with E-state index >= 15 is 0 Å². The van der Waals surface area contributed by atoms with Crippen molar-refractivity contribution in [3.63, 3.8) is 0 Å². The molecular weight excluding hydrogens is 747 g/mol. The molecule has 5 rings (SSSR count). The molecule has 3 aromatic rings. The summed E-state index contributed by atoms with van der Waals surface area (Å²) in [7, 11) is 10.1. The molecule has 0 aliphatic carbocycles. The second-order valence-corrected chi connectivity index (χ2v) is 12.8. The standard InChI is InChI=1S/C30H37Cl2N10O6.BrH/c1-33-29-34-13-18-14-39(26-24(31)21(47-5)12-22(48-6)25(26)32)30(44)40(27(18)36-29)19-9-10-38(15-19)23(43)8-7-11-42(3,4)16-20-28(41(45)46)35-17-37(20)2;/h7-8,12-13,17,19H,9-11,14-16H2,1-6H3,(H,33,34,36);1H/q+1;/p-1/b8-7+;/t19-;/m0./s1. The Bertz CT molecular complexity index is 1760. The number of urea groups is 1. The number of halogens is 3. The fourth-order valence-electron chi connectivity index (χ4n) is 5.86. The molecule has 0 spiro atoms. The zero-order valence-corrected chi connectivity index (χ0v) is 30.9. The topological polar surface area (TPSA) is 161 Å². The van der Waals surface area contributed by atoms with Crippen LogP contribution in [0.5, 0.6) is 11.5 Å². The number of ether oxygens (including phenoxy) is 2. The zero-order chi connectivity index (χ0) is 34.9. The third-order valence-corrected chi connectivity index (χ3v) is 9.10. The summed E-state index contributed by atoms with van der Waals surface area (Å²) < 4.78 is 12.9. The summed E-state index contributed by atoms with van der Waals surface area (Å²) in [6.07, 6.45) is 6.81. The Kier molecular flexibility index (Phi) is 11.6. The maximum Gasteiger partial charge on any atom is 0.390 e. The zero-order valence-electron chi connectivity index (χ0n) is 27.8. The molecule has 1 atom stereocenters. The number of amides is 3. The molecule has 0 bridgehead atoms. The van der Waals surface area contributed by atoms with E-state index in [2.05, 4.69) is 20.3 Å². The Hall–Kier alpha value is -4.19. The molecule has 264 valence electrons. The molecule has 1 aromatic carbocycles. The van der Waals surface area contributed by atoms with Gasteiger partial charge >= 0.3 is 11.8 Å². The Morgan fingerprint density at radius 3 is 2.49 bits per heavy atom. The highest BCUT2D eigenvalue weighted by Gasteiger charge is 2.42. The third kappa shape index (κ3) is 7.54. The molecule has 16 nitrogen and oxygen atoms in total. The number of methoxy groups -OCH3 is 2. The van der Waals surface area contributed by atoms with E-state index in [-0.39, 0.29) is 69.0 Å². The average molecular weight is 785 g/mol. The number of likely N-dealkylation sites (N-methyl/N-ethyl adjacent to an activating group) is 1. The van der Waals surface area contributed by atoms with Crippen LogP contribution < -0.4 is 41.6 Å². The number of aromatic nitrogens is 4. The number of quaternary nitrogens is 1. The van der Waals surface area contributed by atoms with Crippen molar-refractivity contribution in [1.82, 2.24) is 24.4 Å². The lowest BCUT2D eigenvalue weighted by atomic mass is 10.1. The van der Waals surface area contributed by atoms with Crippen LogP contribution >= 0.6 is 23.2 Å². The van der Waals surface area contributed by atoms with Crippen LogP contribution in [-0.2, 0) is 24.9 Å². The van der Waals surface area contributed by atoms with Crippen LogP contribution in [-0.4, -0.2) is 107 Å². The second-order valence-electron chi connectivity index (χ2n) is 12.1. The number of carbonyl (C=O) groups is 2. The minimum Gasteiger partial charge on any atom is -1.00 e. The number of likely N-dealkylation sites (tertiary alicyclic amines) is 1. The molecule has 2 aliphatic rings. The Balaban J connectivity index is 0.00000541. The number of imidazole rings is 1. The molecule has 49 heavy (non-hydrogen) atoms. The molecule has 1 fully saturated rings. The van der Waals surface area contributed by atoms with Crippen LogP contribution in [0.15, 0.2) is 30.7 Å². The number of nitrogens with zero attached hydrogens (tertiary/aromatic N) is 9. The van der Waals surface area contributed by atoms with E-state index in [0.29, 0.717) is 53.6 Å². The normalized spacial score (nSPS) is 16.1. The minimum absolute atomic E-state index is 0. The maximum absolute atomic E-state index is 14.4. The van der Waals surface area contributed by atoms with Crippen molar-refractivity contribution < 1.29 is 45.5 Å². The maximum atomic E-state index is 14.4. The number of benzene rings is 1. The van der Waals surface area contributed by atoms with Crippen LogP contribution in [0.1, 0.15) is 17.7 Å². The first-order valence-corrected chi connectivity index (χ1v) is 15.7. The Labute approximate surface area is 303 Å². The predicted molar refractivity (Wildman–Crippen MR) is 180 cm³/mol. The SMILES string of the molecule is CNc1ncc2c(n1)N([C@H]1CCN(C(=O)/C=C/C[N+](C)(C)Cc3c([N+](=O)[O-])ncn3C)C1)C(=O)N(c1c(Cl)c(OC)cc(OC)c1Cl)C2.[Br-]. The van der Waals surface area contributed by atoms with Gasteiger partial charge in [-0.25, -0.2) is 9.78 Å². The van der Waals surface area contributed by atoms with E-state index in [1.54, 1.807) is 46.8 Å². The summed E-state index contributed by atoms with van der Waals surface area (Å²) in [5.74, 6) is 0.935. The number of fused-ring (bicyclic) bond motifs is 1. The van der Waals surface area contributed by atoms with Gasteiger partial charge in [0.25, 0.3) is 0 Å². The van der Waals surface area contributed by atoms with Gasteiger partial charge in [0.05, 0.1) is 53.1 Å². The van der Waals surface area contributed by atoms with E-state index in [4.69, 9.17) is 32.7 Å². The van der Waals surface area contributed by atoms with Crippen LogP contribution in [0.4, 0.5) is 28.1 Å². The van der Waals surface area contributed by atoms with Gasteiger partial charge in [0.2, 0.25) is 18.2 Å². The van der Waals surface area contributed by atoms with Crippen molar-refractivity contribution in [2.24, 2.45) is 7.05 Å². The van der Waals surface area contributed by atoms with Crippen molar-refractivity contribution in [3.8, 4) is 11.5 Å². The van der Waals surface area contributed by atoms with E-state index < -0.39 is 17.0 Å². The Morgan fingerprint density at radius 1 is 1.20 bits per heavy atom. The minimum atomic E-state index is -0.495. The summed E-state index contributed by atoms with van der Waals surface area (Å²) in [5.41, 5.74) is 1.37. The van der Waals surface area contributed by atoms with Crippen LogP contribution in [0.3, 0.4) is 0 Å². The lowest BCUT2D eigenvalue weighted by Gasteiger charge is -2.39.